The molecule has 4 nitrogen and oxygen atoms in total. The molecule has 16 heavy (non-hydrogen) atoms. The Kier molecular flexibility index (Phi) is 3.85. The second kappa shape index (κ2) is 5.00. The molecule has 2 saturated heterocycles. The standard InChI is InChI=1S/C12H24N2O2/c1-12(15-9-11(7-13)16-12)6-10-4-3-5-14(2)8-10/h10-11H,3-9,13H2,1-2H3. The Labute approximate surface area is 98.1 Å². The molecule has 0 aromatic rings. The summed E-state index contributed by atoms with van der Waals surface area (Å²) in [5, 5.41) is 0. The summed E-state index contributed by atoms with van der Waals surface area (Å²) in [6, 6.07) is 0. The lowest BCUT2D eigenvalue weighted by Crippen LogP contribution is -2.38. The summed E-state index contributed by atoms with van der Waals surface area (Å²) in [6.07, 6.45) is 3.66. The van der Waals surface area contributed by atoms with E-state index in [2.05, 4.69) is 18.9 Å². The normalized spacial score (nSPS) is 41.4. The molecule has 0 aliphatic carbocycles. The van der Waals surface area contributed by atoms with Gasteiger partial charge >= 0.3 is 0 Å². The fourth-order valence-corrected chi connectivity index (χ4v) is 2.88. The quantitative estimate of drug-likeness (QED) is 0.776. The maximum atomic E-state index is 5.87. The summed E-state index contributed by atoms with van der Waals surface area (Å²) >= 11 is 0. The summed E-state index contributed by atoms with van der Waals surface area (Å²) in [4.78, 5) is 2.40. The van der Waals surface area contributed by atoms with Crippen molar-refractivity contribution in [3.05, 3.63) is 0 Å². The maximum Gasteiger partial charge on any atom is 0.166 e. The summed E-state index contributed by atoms with van der Waals surface area (Å²) in [7, 11) is 2.19. The van der Waals surface area contributed by atoms with Crippen LogP contribution in [0.3, 0.4) is 0 Å². The van der Waals surface area contributed by atoms with Crippen molar-refractivity contribution in [2.24, 2.45) is 11.7 Å². The van der Waals surface area contributed by atoms with E-state index >= 15 is 0 Å². The minimum absolute atomic E-state index is 0.0892. The Bertz CT molecular complexity index is 237. The molecule has 3 atom stereocenters. The van der Waals surface area contributed by atoms with E-state index in [4.69, 9.17) is 15.2 Å². The minimum atomic E-state index is -0.396. The van der Waals surface area contributed by atoms with Crippen molar-refractivity contribution in [1.82, 2.24) is 4.90 Å². The molecule has 0 aromatic heterocycles. The van der Waals surface area contributed by atoms with Crippen molar-refractivity contribution in [1.29, 1.82) is 0 Å². The van der Waals surface area contributed by atoms with Crippen LogP contribution in [0.2, 0.25) is 0 Å². The second-order valence-electron chi connectivity index (χ2n) is 5.39. The predicted octanol–water partition coefficient (Wildman–Crippen LogP) is 0.809. The van der Waals surface area contributed by atoms with Crippen molar-refractivity contribution < 1.29 is 9.47 Å². The Hall–Kier alpha value is -0.160. The predicted molar refractivity (Wildman–Crippen MR) is 63.1 cm³/mol. The number of hydrogen-bond donors (Lipinski definition) is 1. The van der Waals surface area contributed by atoms with E-state index in [1.54, 1.807) is 0 Å². The van der Waals surface area contributed by atoms with E-state index in [0.29, 0.717) is 19.1 Å². The number of nitrogens with zero attached hydrogens (tertiary/aromatic N) is 1. The fourth-order valence-electron chi connectivity index (χ4n) is 2.88. The lowest BCUT2D eigenvalue weighted by molar-refractivity contribution is -0.167. The maximum absolute atomic E-state index is 5.87. The van der Waals surface area contributed by atoms with Crippen LogP contribution in [0.1, 0.15) is 26.2 Å². The van der Waals surface area contributed by atoms with E-state index in [-0.39, 0.29) is 6.10 Å². The highest BCUT2D eigenvalue weighted by atomic mass is 16.7. The number of nitrogens with two attached hydrogens (primary N) is 1. The molecule has 0 saturated carbocycles. The van der Waals surface area contributed by atoms with Crippen molar-refractivity contribution >= 4 is 0 Å². The summed E-state index contributed by atoms with van der Waals surface area (Å²) in [5.74, 6) is 0.299. The number of hydrogen-bond acceptors (Lipinski definition) is 4. The molecule has 2 aliphatic heterocycles. The molecule has 2 heterocycles. The van der Waals surface area contributed by atoms with Gasteiger partial charge in [-0.25, -0.2) is 0 Å². The van der Waals surface area contributed by atoms with Gasteiger partial charge < -0.3 is 20.1 Å². The molecule has 0 aromatic carbocycles. The van der Waals surface area contributed by atoms with E-state index in [0.717, 1.165) is 13.0 Å². The number of ether oxygens (including phenoxy) is 2. The first-order chi connectivity index (χ1) is 7.61. The highest BCUT2D eigenvalue weighted by Gasteiger charge is 2.39. The molecule has 4 heteroatoms. The molecule has 2 fully saturated rings. The van der Waals surface area contributed by atoms with Gasteiger partial charge in [-0.05, 0) is 39.3 Å². The van der Waals surface area contributed by atoms with E-state index < -0.39 is 5.79 Å². The van der Waals surface area contributed by atoms with Gasteiger partial charge in [-0.2, -0.15) is 0 Å². The van der Waals surface area contributed by atoms with Gasteiger partial charge in [0, 0.05) is 19.5 Å². The van der Waals surface area contributed by atoms with Gasteiger partial charge in [0.2, 0.25) is 0 Å². The highest BCUT2D eigenvalue weighted by molar-refractivity contribution is 4.81. The molecule has 3 unspecified atom stereocenters. The number of piperidine rings is 1. The van der Waals surface area contributed by atoms with Crippen molar-refractivity contribution in [3.63, 3.8) is 0 Å². The lowest BCUT2D eigenvalue weighted by Gasteiger charge is -2.34. The summed E-state index contributed by atoms with van der Waals surface area (Å²) in [6.45, 7) is 5.64. The van der Waals surface area contributed by atoms with Gasteiger partial charge in [0.05, 0.1) is 12.7 Å². The van der Waals surface area contributed by atoms with Crippen LogP contribution in [-0.4, -0.2) is 50.1 Å². The SMILES string of the molecule is CN1CCCC(CC2(C)OCC(CN)O2)C1. The molecular formula is C12H24N2O2. The number of rotatable bonds is 3. The third-order valence-corrected chi connectivity index (χ3v) is 3.63. The fraction of sp³-hybridized carbons (Fsp3) is 1.00. The third-order valence-electron chi connectivity index (χ3n) is 3.63. The van der Waals surface area contributed by atoms with Crippen LogP contribution < -0.4 is 5.73 Å². The van der Waals surface area contributed by atoms with Gasteiger partial charge in [0.15, 0.2) is 5.79 Å². The molecule has 0 radical (unpaired) electrons. The second-order valence-corrected chi connectivity index (χ2v) is 5.39. The monoisotopic (exact) mass is 228 g/mol. The van der Waals surface area contributed by atoms with Crippen LogP contribution in [0.25, 0.3) is 0 Å². The molecule has 0 bridgehead atoms. The van der Waals surface area contributed by atoms with Crippen LogP contribution in [0.5, 0.6) is 0 Å². The Morgan fingerprint density at radius 2 is 2.31 bits per heavy atom. The highest BCUT2D eigenvalue weighted by Crippen LogP contribution is 2.32. The average Bonchev–Trinajstić information content (AvgIpc) is 2.60. The summed E-state index contributed by atoms with van der Waals surface area (Å²) in [5.41, 5.74) is 5.60. The van der Waals surface area contributed by atoms with Crippen molar-refractivity contribution in [2.45, 2.75) is 38.1 Å². The smallest absolute Gasteiger partial charge is 0.166 e. The molecular weight excluding hydrogens is 204 g/mol. The van der Waals surface area contributed by atoms with Crippen LogP contribution in [0.15, 0.2) is 0 Å². The van der Waals surface area contributed by atoms with Gasteiger partial charge in [0.1, 0.15) is 0 Å². The minimum Gasteiger partial charge on any atom is -0.347 e. The van der Waals surface area contributed by atoms with Gasteiger partial charge in [0.25, 0.3) is 0 Å². The summed E-state index contributed by atoms with van der Waals surface area (Å²) < 4.78 is 11.6. The van der Waals surface area contributed by atoms with E-state index in [1.165, 1.54) is 19.4 Å². The Balaban J connectivity index is 1.84. The van der Waals surface area contributed by atoms with E-state index in [9.17, 15) is 0 Å². The zero-order chi connectivity index (χ0) is 11.6. The van der Waals surface area contributed by atoms with Gasteiger partial charge in [-0.3, -0.25) is 0 Å². The molecule has 2 aliphatic rings. The van der Waals surface area contributed by atoms with Gasteiger partial charge in [-0.15, -0.1) is 0 Å². The average molecular weight is 228 g/mol. The molecule has 2 N–H and O–H groups in total. The van der Waals surface area contributed by atoms with Crippen LogP contribution in [0.4, 0.5) is 0 Å². The molecule has 94 valence electrons. The zero-order valence-corrected chi connectivity index (χ0v) is 10.4. The topological polar surface area (TPSA) is 47.7 Å². The Morgan fingerprint density at radius 3 is 2.94 bits per heavy atom. The Morgan fingerprint density at radius 1 is 1.50 bits per heavy atom. The zero-order valence-electron chi connectivity index (χ0n) is 10.4. The van der Waals surface area contributed by atoms with Crippen LogP contribution in [-0.2, 0) is 9.47 Å². The molecule has 0 spiro atoms. The number of likely N-dealkylation sites (tertiary alicyclic amines) is 1. The first-order valence-electron chi connectivity index (χ1n) is 6.32. The van der Waals surface area contributed by atoms with E-state index in [1.807, 2.05) is 0 Å². The molecule has 2 rings (SSSR count). The van der Waals surface area contributed by atoms with Crippen molar-refractivity contribution in [2.75, 3.05) is 33.3 Å². The first-order valence-corrected chi connectivity index (χ1v) is 6.32. The molecule has 0 amide bonds. The van der Waals surface area contributed by atoms with Crippen molar-refractivity contribution in [3.8, 4) is 0 Å². The third kappa shape index (κ3) is 2.94. The lowest BCUT2D eigenvalue weighted by atomic mass is 9.91. The van der Waals surface area contributed by atoms with Crippen LogP contribution in [0, 0.1) is 5.92 Å². The first kappa shape index (κ1) is 12.3. The van der Waals surface area contributed by atoms with Crippen LogP contribution >= 0.6 is 0 Å². The van der Waals surface area contributed by atoms with Gasteiger partial charge in [-0.1, -0.05) is 0 Å². The largest absolute Gasteiger partial charge is 0.347 e.